The van der Waals surface area contributed by atoms with Crippen molar-refractivity contribution in [3.8, 4) is 17.2 Å². The Balaban J connectivity index is 1.95. The lowest BCUT2D eigenvalue weighted by molar-refractivity contribution is -0.160. The highest BCUT2D eigenvalue weighted by molar-refractivity contribution is 6.22. The number of fused-ring (bicyclic) bond motifs is 14. The van der Waals surface area contributed by atoms with E-state index < -0.39 is 83.0 Å². The number of methoxy groups -OCH3 is 1. The van der Waals surface area contributed by atoms with Crippen molar-refractivity contribution in [2.45, 2.75) is 85.6 Å². The highest BCUT2D eigenvalue weighted by Crippen LogP contribution is 2.54. The summed E-state index contributed by atoms with van der Waals surface area (Å²) < 4.78 is 23.6. The number of azo groups is 1. The minimum Gasteiger partial charge on any atom is -0.507 e. The number of nitrogens with zero attached hydrogens (tertiary/aromatic N) is 4. The van der Waals surface area contributed by atoms with Gasteiger partial charge in [0.25, 0.3) is 11.7 Å². The van der Waals surface area contributed by atoms with Crippen LogP contribution in [0.5, 0.6) is 17.2 Å². The molecule has 2 aromatic rings. The normalized spacial score (nSPS) is 30.5. The smallest absolute Gasteiger partial charge is 0.312 e. The van der Waals surface area contributed by atoms with Crippen LogP contribution < -0.4 is 15.8 Å². The standard InChI is InChI=1S/C42H58N6O11/c1-20-13-12-14-21(2)40(55)45-28-19-27(46-47-41(43)44-16-17-48(9)10)30-31(36(28)53)35(52)25(6)38-32(30)39(54)42(8,59-38)57-18-15-29(56-11)22(3)37(58-26(7)49)24(5)34(51)23(4)33(20)50/h12-15,18-20,22-24,29,33-34,37,50-53H,16-17H2,1-11H3,(H2,43,44)(H,45,55)/b13-12-,18-15-,21-14-,47-46?. The number of Topliss-reactive ketones (excluding diaryl/α,β-unsaturated/α-hetero) is 1. The average molecular weight is 823 g/mol. The molecule has 7 N–H and O–H groups in total. The molecule has 3 aliphatic heterocycles. The third-order valence-electron chi connectivity index (χ3n) is 10.9. The number of carbonyl (C=O) groups excluding carboxylic acids is 3. The first-order valence-electron chi connectivity index (χ1n) is 19.4. The van der Waals surface area contributed by atoms with Gasteiger partial charge in [-0.3, -0.25) is 14.4 Å². The number of phenols is 2. The fraction of sp³-hybridized carbons (Fsp3) is 0.524. The number of amides is 1. The number of aliphatic imine (C=N–C) groups is 1. The molecule has 9 unspecified atom stereocenters. The van der Waals surface area contributed by atoms with Crippen molar-refractivity contribution in [2.24, 2.45) is 44.6 Å². The number of esters is 1. The first-order valence-corrected chi connectivity index (χ1v) is 19.4. The van der Waals surface area contributed by atoms with Crippen LogP contribution in [0.25, 0.3) is 10.8 Å². The Labute approximate surface area is 344 Å². The monoisotopic (exact) mass is 822 g/mol. The number of phenolic OH excluding ortho intramolecular Hbond substituents is 2. The van der Waals surface area contributed by atoms with Crippen LogP contribution in [0.1, 0.15) is 64.4 Å². The van der Waals surface area contributed by atoms with Crippen molar-refractivity contribution in [3.05, 3.63) is 53.3 Å². The Morgan fingerprint density at radius 1 is 1.02 bits per heavy atom. The van der Waals surface area contributed by atoms with Crippen LogP contribution in [0.2, 0.25) is 0 Å². The van der Waals surface area contributed by atoms with Gasteiger partial charge in [-0.05, 0) is 40.1 Å². The van der Waals surface area contributed by atoms with Gasteiger partial charge in [-0.2, -0.15) is 0 Å². The van der Waals surface area contributed by atoms with E-state index in [0.29, 0.717) is 13.1 Å². The molecule has 0 radical (unpaired) electrons. The first-order chi connectivity index (χ1) is 27.6. The number of nitrogens with one attached hydrogen (secondary N) is 1. The Hall–Kier alpha value is -5.36. The maximum absolute atomic E-state index is 14.5. The highest BCUT2D eigenvalue weighted by atomic mass is 16.7. The van der Waals surface area contributed by atoms with Gasteiger partial charge in [0, 0.05) is 67.7 Å². The van der Waals surface area contributed by atoms with Crippen LogP contribution >= 0.6 is 0 Å². The van der Waals surface area contributed by atoms with E-state index in [0.717, 1.165) is 0 Å². The molecule has 0 fully saturated rings. The zero-order valence-electron chi connectivity index (χ0n) is 35.5. The molecule has 5 rings (SSSR count). The summed E-state index contributed by atoms with van der Waals surface area (Å²) in [5.74, 6) is -7.66. The molecule has 0 aromatic heterocycles. The SMILES string of the molecule is COC1/C=C\OC2(C)Oc3c(C)c(O)c4c(O)c(cc(N=NC(N)=NCCN(C)C)c4c3C2=O)NC(=O)/C(C)=C\C=C/C(C)C(O)C(C)C(O)C(C)C(OC(C)=O)C1C. The molecule has 1 amide bonds. The summed E-state index contributed by atoms with van der Waals surface area (Å²) in [5.41, 5.74) is 6.01. The second-order valence-electron chi connectivity index (χ2n) is 15.7. The predicted molar refractivity (Wildman–Crippen MR) is 222 cm³/mol. The summed E-state index contributed by atoms with van der Waals surface area (Å²) in [5, 5.41) is 56.8. The van der Waals surface area contributed by atoms with Gasteiger partial charge >= 0.3 is 11.8 Å². The van der Waals surface area contributed by atoms with E-state index in [1.54, 1.807) is 39.8 Å². The van der Waals surface area contributed by atoms with E-state index in [-0.39, 0.29) is 50.6 Å². The van der Waals surface area contributed by atoms with Crippen LogP contribution in [0.4, 0.5) is 11.4 Å². The lowest BCUT2D eigenvalue weighted by Gasteiger charge is -2.38. The van der Waals surface area contributed by atoms with Gasteiger partial charge in [-0.1, -0.05) is 45.9 Å². The number of rotatable bonds is 6. The Bertz CT molecular complexity index is 2080. The lowest BCUT2D eigenvalue weighted by Crippen LogP contribution is -2.46. The van der Waals surface area contributed by atoms with E-state index in [4.69, 9.17) is 24.7 Å². The van der Waals surface area contributed by atoms with Crippen LogP contribution in [-0.2, 0) is 23.8 Å². The summed E-state index contributed by atoms with van der Waals surface area (Å²) in [4.78, 5) is 46.4. The lowest BCUT2D eigenvalue weighted by atomic mass is 9.78. The van der Waals surface area contributed by atoms with Crippen molar-refractivity contribution in [1.82, 2.24) is 4.90 Å². The maximum atomic E-state index is 14.5. The Kier molecular flexibility index (Phi) is 15.0. The molecule has 3 aliphatic rings. The maximum Gasteiger partial charge on any atom is 0.312 e. The molecule has 0 spiro atoms. The van der Waals surface area contributed by atoms with Crippen LogP contribution in [-0.4, -0.2) is 113 Å². The summed E-state index contributed by atoms with van der Waals surface area (Å²) in [6.07, 6.45) is 3.63. The number of likely N-dealkylation sites (N-methyl/N-ethyl adjacent to an activating group) is 1. The van der Waals surface area contributed by atoms with Crippen LogP contribution in [0.3, 0.4) is 0 Å². The largest absolute Gasteiger partial charge is 0.507 e. The van der Waals surface area contributed by atoms with Gasteiger partial charge in [0.05, 0.1) is 53.4 Å². The average Bonchev–Trinajstić information content (AvgIpc) is 3.44. The van der Waals surface area contributed by atoms with E-state index in [1.807, 2.05) is 19.0 Å². The van der Waals surface area contributed by atoms with E-state index in [2.05, 4.69) is 20.5 Å². The number of ketones is 1. The van der Waals surface area contributed by atoms with E-state index >= 15 is 0 Å². The number of hydrogen-bond acceptors (Lipinski definition) is 14. The van der Waals surface area contributed by atoms with Crippen molar-refractivity contribution in [3.63, 3.8) is 0 Å². The second-order valence-corrected chi connectivity index (χ2v) is 15.7. The minimum absolute atomic E-state index is 0.0489. The number of allylic oxidation sites excluding steroid dienone is 2. The third kappa shape index (κ3) is 10.1. The Morgan fingerprint density at radius 2 is 1.69 bits per heavy atom. The first kappa shape index (κ1) is 46.3. The molecule has 0 saturated carbocycles. The molecule has 2 aromatic carbocycles. The molecular formula is C42H58N6O11. The molecular weight excluding hydrogens is 764 g/mol. The number of aliphatic hydroxyl groups excluding tert-OH is 2. The number of nitrogens with two attached hydrogens (primary N) is 1. The fourth-order valence-electron chi connectivity index (χ4n) is 7.23. The molecule has 3 heterocycles. The van der Waals surface area contributed by atoms with Gasteiger partial charge in [-0.25, -0.2) is 4.99 Å². The molecule has 5 bridgehead atoms. The van der Waals surface area contributed by atoms with Crippen molar-refractivity contribution >= 4 is 45.8 Å². The van der Waals surface area contributed by atoms with Crippen molar-refractivity contribution in [2.75, 3.05) is 39.6 Å². The van der Waals surface area contributed by atoms with E-state index in [9.17, 15) is 34.8 Å². The van der Waals surface area contributed by atoms with Gasteiger partial charge < -0.3 is 55.3 Å². The number of guanidine groups is 1. The molecule has 0 saturated heterocycles. The van der Waals surface area contributed by atoms with Gasteiger partial charge in [0.1, 0.15) is 17.6 Å². The second kappa shape index (κ2) is 19.1. The van der Waals surface area contributed by atoms with Crippen molar-refractivity contribution in [1.29, 1.82) is 0 Å². The zero-order chi connectivity index (χ0) is 44.1. The topological polar surface area (TPSA) is 247 Å². The van der Waals surface area contributed by atoms with Gasteiger partial charge in [0.2, 0.25) is 5.96 Å². The minimum atomic E-state index is -2.01. The molecule has 322 valence electrons. The number of aromatic hydroxyl groups is 2. The predicted octanol–water partition coefficient (Wildman–Crippen LogP) is 5.01. The number of aliphatic hydroxyl groups is 2. The summed E-state index contributed by atoms with van der Waals surface area (Å²) in [6, 6.07) is 1.28. The van der Waals surface area contributed by atoms with Crippen LogP contribution in [0.15, 0.2) is 57.4 Å². The number of benzene rings is 2. The zero-order valence-corrected chi connectivity index (χ0v) is 35.5. The van der Waals surface area contributed by atoms with Gasteiger partial charge in [0.15, 0.2) is 5.75 Å². The number of ether oxygens (including phenoxy) is 4. The van der Waals surface area contributed by atoms with Crippen molar-refractivity contribution < 1.29 is 53.8 Å². The molecule has 59 heavy (non-hydrogen) atoms. The number of hydrogen-bond donors (Lipinski definition) is 6. The molecule has 17 nitrogen and oxygen atoms in total. The molecule has 0 aliphatic carbocycles. The summed E-state index contributed by atoms with van der Waals surface area (Å²) in [6.45, 7) is 13.5. The third-order valence-corrected chi connectivity index (χ3v) is 10.9. The number of anilines is 1. The molecule has 17 heteroatoms. The quantitative estimate of drug-likeness (QED) is 0.0739. The van der Waals surface area contributed by atoms with E-state index in [1.165, 1.54) is 59.3 Å². The summed E-state index contributed by atoms with van der Waals surface area (Å²) in [7, 11) is 5.18. The highest BCUT2D eigenvalue weighted by Gasteiger charge is 2.49. The number of carbonyl (C=O) groups is 3. The summed E-state index contributed by atoms with van der Waals surface area (Å²) >= 11 is 0. The fourth-order valence-corrected chi connectivity index (χ4v) is 7.23. The molecule has 9 atom stereocenters. The van der Waals surface area contributed by atoms with Crippen LogP contribution in [0, 0.1) is 30.6 Å². The van der Waals surface area contributed by atoms with Gasteiger partial charge in [-0.15, -0.1) is 10.2 Å². The Morgan fingerprint density at radius 3 is 2.32 bits per heavy atom.